The second kappa shape index (κ2) is 7.55. The van der Waals surface area contributed by atoms with E-state index in [0.717, 1.165) is 17.8 Å². The topological polar surface area (TPSA) is 56.5 Å². The van der Waals surface area contributed by atoms with Gasteiger partial charge in [0.2, 0.25) is 0 Å². The average molecular weight is 347 g/mol. The number of oxazole rings is 1. The van der Waals surface area contributed by atoms with Crippen molar-refractivity contribution in [3.05, 3.63) is 48.5 Å². The number of nitrogens with one attached hydrogen (secondary N) is 1. The second-order valence-electron chi connectivity index (χ2n) is 5.63. The van der Waals surface area contributed by atoms with Crippen LogP contribution in [0.5, 0.6) is 17.6 Å². The van der Waals surface area contributed by atoms with Gasteiger partial charge in [0.05, 0.1) is 0 Å². The zero-order valence-electron chi connectivity index (χ0n) is 13.1. The highest BCUT2D eigenvalue weighted by atomic mass is 35.5. The predicted octanol–water partition coefficient (Wildman–Crippen LogP) is 4.17. The molecule has 1 N–H and O–H groups in total. The van der Waals surface area contributed by atoms with E-state index in [2.05, 4.69) is 10.3 Å². The van der Waals surface area contributed by atoms with E-state index in [0.29, 0.717) is 24.0 Å². The van der Waals surface area contributed by atoms with E-state index in [4.69, 9.17) is 13.9 Å². The summed E-state index contributed by atoms with van der Waals surface area (Å²) in [5, 5.41) is 3.41. The molecule has 24 heavy (non-hydrogen) atoms. The Morgan fingerprint density at radius 2 is 1.88 bits per heavy atom. The van der Waals surface area contributed by atoms with Gasteiger partial charge in [-0.3, -0.25) is 0 Å². The van der Waals surface area contributed by atoms with Crippen LogP contribution in [-0.2, 0) is 0 Å². The average Bonchev–Trinajstić information content (AvgIpc) is 3.23. The number of fused-ring (bicyclic) bond motifs is 1. The number of hydrogen-bond donors (Lipinski definition) is 1. The third-order valence-electron chi connectivity index (χ3n) is 3.92. The van der Waals surface area contributed by atoms with Gasteiger partial charge >= 0.3 is 6.08 Å². The Bertz CT molecular complexity index is 749. The van der Waals surface area contributed by atoms with Crippen LogP contribution in [0.3, 0.4) is 0 Å². The minimum Gasteiger partial charge on any atom is -0.492 e. The third-order valence-corrected chi connectivity index (χ3v) is 3.92. The standard InChI is InChI=1S/C18H18N2O3.ClH/c1-2-6-17-16(5-1)20-18(23-17)22-15-9-7-14(8-10-15)21-12-13-4-3-11-19-13;/h1-2,5-10,13,19H,3-4,11-12H2;1H. The number of ether oxygens (including phenoxy) is 2. The normalized spacial score (nSPS) is 16.8. The number of hydrogen-bond acceptors (Lipinski definition) is 5. The lowest BCUT2D eigenvalue weighted by Crippen LogP contribution is -2.28. The lowest BCUT2D eigenvalue weighted by molar-refractivity contribution is 0.276. The number of benzene rings is 2. The van der Waals surface area contributed by atoms with E-state index in [-0.39, 0.29) is 18.5 Å². The van der Waals surface area contributed by atoms with Crippen LogP contribution in [0.1, 0.15) is 12.8 Å². The van der Waals surface area contributed by atoms with E-state index >= 15 is 0 Å². The van der Waals surface area contributed by atoms with Gasteiger partial charge in [-0.1, -0.05) is 12.1 Å². The van der Waals surface area contributed by atoms with Crippen LogP contribution >= 0.6 is 12.4 Å². The number of nitrogens with zero attached hydrogens (tertiary/aromatic N) is 1. The summed E-state index contributed by atoms with van der Waals surface area (Å²) in [6.45, 7) is 1.79. The zero-order chi connectivity index (χ0) is 15.5. The van der Waals surface area contributed by atoms with Crippen molar-refractivity contribution in [3.8, 4) is 17.6 Å². The molecule has 126 valence electrons. The van der Waals surface area contributed by atoms with Crippen LogP contribution in [0.25, 0.3) is 11.1 Å². The molecule has 1 fully saturated rings. The van der Waals surface area contributed by atoms with Crippen LogP contribution < -0.4 is 14.8 Å². The summed E-state index contributed by atoms with van der Waals surface area (Å²) in [6.07, 6.45) is 2.65. The molecule has 4 rings (SSSR count). The number of aromatic nitrogens is 1. The number of halogens is 1. The highest BCUT2D eigenvalue weighted by Gasteiger charge is 2.14. The van der Waals surface area contributed by atoms with E-state index in [1.165, 1.54) is 12.8 Å². The third kappa shape index (κ3) is 3.80. The second-order valence-corrected chi connectivity index (χ2v) is 5.63. The van der Waals surface area contributed by atoms with Gasteiger partial charge in [0.15, 0.2) is 5.58 Å². The first kappa shape index (κ1) is 16.6. The molecule has 3 aromatic rings. The summed E-state index contributed by atoms with van der Waals surface area (Å²) < 4.78 is 17.0. The monoisotopic (exact) mass is 346 g/mol. The Balaban J connectivity index is 0.00000169. The molecular weight excluding hydrogens is 328 g/mol. The Morgan fingerprint density at radius 1 is 1.08 bits per heavy atom. The van der Waals surface area contributed by atoms with Crippen molar-refractivity contribution in [1.29, 1.82) is 0 Å². The largest absolute Gasteiger partial charge is 0.492 e. The molecule has 1 aromatic heterocycles. The van der Waals surface area contributed by atoms with Gasteiger partial charge in [0, 0.05) is 6.04 Å². The molecular formula is C18H19ClN2O3. The molecule has 0 saturated carbocycles. The van der Waals surface area contributed by atoms with Crippen molar-refractivity contribution >= 4 is 23.5 Å². The highest BCUT2D eigenvalue weighted by Crippen LogP contribution is 2.26. The zero-order valence-corrected chi connectivity index (χ0v) is 13.9. The number of para-hydroxylation sites is 2. The fourth-order valence-corrected chi connectivity index (χ4v) is 2.70. The Hall–Kier alpha value is -2.24. The lowest BCUT2D eigenvalue weighted by atomic mass is 10.2. The van der Waals surface area contributed by atoms with E-state index in [1.807, 2.05) is 48.5 Å². The molecule has 2 heterocycles. The number of rotatable bonds is 5. The summed E-state index contributed by atoms with van der Waals surface area (Å²) in [7, 11) is 0. The molecule has 0 radical (unpaired) electrons. The van der Waals surface area contributed by atoms with E-state index < -0.39 is 0 Å². The first-order valence-electron chi connectivity index (χ1n) is 7.86. The van der Waals surface area contributed by atoms with Gasteiger partial charge < -0.3 is 19.2 Å². The summed E-state index contributed by atoms with van der Waals surface area (Å²) in [6, 6.07) is 15.5. The van der Waals surface area contributed by atoms with Crippen LogP contribution in [0.15, 0.2) is 52.9 Å². The van der Waals surface area contributed by atoms with Crippen LogP contribution in [0, 0.1) is 0 Å². The smallest absolute Gasteiger partial charge is 0.400 e. The molecule has 1 aliphatic heterocycles. The quantitative estimate of drug-likeness (QED) is 0.751. The first-order valence-corrected chi connectivity index (χ1v) is 7.86. The highest BCUT2D eigenvalue weighted by molar-refractivity contribution is 5.85. The lowest BCUT2D eigenvalue weighted by Gasteiger charge is -2.12. The maximum absolute atomic E-state index is 5.79. The summed E-state index contributed by atoms with van der Waals surface area (Å²) in [5.74, 6) is 1.51. The summed E-state index contributed by atoms with van der Waals surface area (Å²) in [5.41, 5.74) is 1.50. The Labute approximate surface area is 146 Å². The molecule has 1 unspecified atom stereocenters. The van der Waals surface area contributed by atoms with Gasteiger partial charge in [-0.25, -0.2) is 0 Å². The molecule has 6 heteroatoms. The van der Waals surface area contributed by atoms with Gasteiger partial charge in [0.1, 0.15) is 23.6 Å². The van der Waals surface area contributed by atoms with Crippen molar-refractivity contribution in [3.63, 3.8) is 0 Å². The summed E-state index contributed by atoms with van der Waals surface area (Å²) >= 11 is 0. The van der Waals surface area contributed by atoms with Gasteiger partial charge in [-0.2, -0.15) is 4.98 Å². The van der Waals surface area contributed by atoms with Crippen molar-refractivity contribution in [2.24, 2.45) is 0 Å². The van der Waals surface area contributed by atoms with Crippen LogP contribution in [0.2, 0.25) is 0 Å². The van der Waals surface area contributed by atoms with Crippen LogP contribution in [0.4, 0.5) is 0 Å². The van der Waals surface area contributed by atoms with Crippen molar-refractivity contribution in [1.82, 2.24) is 10.3 Å². The minimum absolute atomic E-state index is 0. The maximum Gasteiger partial charge on any atom is 0.400 e. The predicted molar refractivity (Wildman–Crippen MR) is 94.3 cm³/mol. The molecule has 2 aromatic carbocycles. The maximum atomic E-state index is 5.79. The minimum atomic E-state index is 0. The van der Waals surface area contributed by atoms with Crippen molar-refractivity contribution in [2.75, 3.05) is 13.2 Å². The Kier molecular flexibility index (Phi) is 5.23. The molecule has 0 aliphatic carbocycles. The Morgan fingerprint density at radius 3 is 2.62 bits per heavy atom. The van der Waals surface area contributed by atoms with Crippen molar-refractivity contribution < 1.29 is 13.9 Å². The fraction of sp³-hybridized carbons (Fsp3) is 0.278. The molecule has 5 nitrogen and oxygen atoms in total. The molecule has 0 amide bonds. The van der Waals surface area contributed by atoms with Crippen molar-refractivity contribution in [2.45, 2.75) is 18.9 Å². The fourth-order valence-electron chi connectivity index (χ4n) is 2.70. The molecule has 1 aliphatic rings. The molecule has 1 saturated heterocycles. The van der Waals surface area contributed by atoms with Gasteiger partial charge in [-0.05, 0) is 55.8 Å². The first-order chi connectivity index (χ1) is 11.4. The molecule has 0 spiro atoms. The molecule has 1 atom stereocenters. The van der Waals surface area contributed by atoms with E-state index in [1.54, 1.807) is 0 Å². The van der Waals surface area contributed by atoms with E-state index in [9.17, 15) is 0 Å². The SMILES string of the molecule is Cl.c1ccc2oc(Oc3ccc(OCC4CCCN4)cc3)nc2c1. The molecule has 0 bridgehead atoms. The van der Waals surface area contributed by atoms with Crippen LogP contribution in [-0.4, -0.2) is 24.2 Å². The summed E-state index contributed by atoms with van der Waals surface area (Å²) in [4.78, 5) is 4.29. The van der Waals surface area contributed by atoms with Gasteiger partial charge in [0.25, 0.3) is 0 Å². The van der Waals surface area contributed by atoms with Gasteiger partial charge in [-0.15, -0.1) is 12.4 Å².